The fourth-order valence-corrected chi connectivity index (χ4v) is 1.88. The Morgan fingerprint density at radius 2 is 2.00 bits per heavy atom. The lowest BCUT2D eigenvalue weighted by atomic mass is 10.0. The first-order valence-electron chi connectivity index (χ1n) is 5.22. The van der Waals surface area contributed by atoms with Crippen LogP contribution < -0.4 is 0 Å². The second kappa shape index (κ2) is 5.55. The molecule has 0 aliphatic rings. The third kappa shape index (κ3) is 2.85. The average molecular weight is 300 g/mol. The van der Waals surface area contributed by atoms with Crippen molar-refractivity contribution in [3.05, 3.63) is 52.0 Å². The molecule has 2 aromatic rings. The molecule has 0 spiro atoms. The monoisotopic (exact) mass is 299 g/mol. The molecule has 0 aliphatic carbocycles. The molecule has 1 aromatic carbocycles. The summed E-state index contributed by atoms with van der Waals surface area (Å²) in [5, 5.41) is 0.675. The number of ether oxygens (including phenoxy) is 1. The largest absolute Gasteiger partial charge is 0.464 e. The first-order chi connectivity index (χ1) is 9.02. The van der Waals surface area contributed by atoms with Crippen molar-refractivity contribution in [2.24, 2.45) is 0 Å². The average Bonchev–Trinajstić information content (AvgIpc) is 2.41. The molecule has 6 heteroatoms. The lowest BCUT2D eigenvalue weighted by Gasteiger charge is -2.08. The predicted molar refractivity (Wildman–Crippen MR) is 71.0 cm³/mol. The number of aromatic nitrogens is 1. The van der Waals surface area contributed by atoms with Gasteiger partial charge in [-0.1, -0.05) is 29.3 Å². The zero-order valence-corrected chi connectivity index (χ0v) is 11.3. The van der Waals surface area contributed by atoms with Gasteiger partial charge in [0.25, 0.3) is 0 Å². The van der Waals surface area contributed by atoms with E-state index < -0.39 is 11.8 Å². The van der Waals surface area contributed by atoms with Crippen LogP contribution in [0.4, 0.5) is 4.39 Å². The number of benzene rings is 1. The summed E-state index contributed by atoms with van der Waals surface area (Å²) in [5.74, 6) is -1.21. The molecular weight excluding hydrogens is 292 g/mol. The number of pyridine rings is 1. The number of rotatable bonds is 2. The quantitative estimate of drug-likeness (QED) is 0.787. The van der Waals surface area contributed by atoms with E-state index >= 15 is 0 Å². The smallest absolute Gasteiger partial charge is 0.357 e. The van der Waals surface area contributed by atoms with Crippen LogP contribution in [0.25, 0.3) is 11.1 Å². The zero-order valence-electron chi connectivity index (χ0n) is 9.78. The Kier molecular flexibility index (Phi) is 4.02. The summed E-state index contributed by atoms with van der Waals surface area (Å²) in [6.45, 7) is 0. The highest BCUT2D eigenvalue weighted by Crippen LogP contribution is 2.30. The van der Waals surface area contributed by atoms with Crippen LogP contribution >= 0.6 is 23.2 Å². The van der Waals surface area contributed by atoms with E-state index in [1.165, 1.54) is 19.2 Å². The van der Waals surface area contributed by atoms with Gasteiger partial charge in [0.1, 0.15) is 5.82 Å². The number of nitrogens with zero attached hydrogens (tertiary/aromatic N) is 1. The Hall–Kier alpha value is -1.65. The Morgan fingerprint density at radius 1 is 1.26 bits per heavy atom. The van der Waals surface area contributed by atoms with Gasteiger partial charge in [-0.15, -0.1) is 0 Å². The first-order valence-corrected chi connectivity index (χ1v) is 5.98. The van der Waals surface area contributed by atoms with Crippen LogP contribution in [0.5, 0.6) is 0 Å². The van der Waals surface area contributed by atoms with Crippen molar-refractivity contribution in [1.29, 1.82) is 0 Å². The maximum Gasteiger partial charge on any atom is 0.357 e. The molecule has 0 bridgehead atoms. The molecule has 1 aromatic heterocycles. The maximum atomic E-state index is 13.3. The molecule has 0 N–H and O–H groups in total. The van der Waals surface area contributed by atoms with Crippen molar-refractivity contribution in [3.8, 4) is 11.1 Å². The molecular formula is C13H8Cl2FNO2. The van der Waals surface area contributed by atoms with E-state index in [9.17, 15) is 9.18 Å². The van der Waals surface area contributed by atoms with Gasteiger partial charge in [0.2, 0.25) is 0 Å². The van der Waals surface area contributed by atoms with E-state index in [4.69, 9.17) is 23.2 Å². The number of hydrogen-bond donors (Lipinski definition) is 0. The molecule has 0 amide bonds. The standard InChI is InChI=1S/C13H8Cl2FNO2/c1-19-13(18)12-9(5-8(16)6-17-12)7-2-3-10(14)11(15)4-7/h2-6H,1H3. The van der Waals surface area contributed by atoms with Crippen molar-refractivity contribution in [2.75, 3.05) is 7.11 Å². The van der Waals surface area contributed by atoms with Crippen LogP contribution in [-0.4, -0.2) is 18.1 Å². The van der Waals surface area contributed by atoms with Gasteiger partial charge in [-0.2, -0.15) is 0 Å². The van der Waals surface area contributed by atoms with Crippen molar-refractivity contribution >= 4 is 29.2 Å². The van der Waals surface area contributed by atoms with Crippen molar-refractivity contribution in [3.63, 3.8) is 0 Å². The minimum absolute atomic E-state index is 0.0160. The van der Waals surface area contributed by atoms with Crippen molar-refractivity contribution < 1.29 is 13.9 Å². The molecule has 98 valence electrons. The van der Waals surface area contributed by atoms with E-state index in [-0.39, 0.29) is 5.69 Å². The van der Waals surface area contributed by atoms with Gasteiger partial charge >= 0.3 is 5.97 Å². The van der Waals surface area contributed by atoms with Gasteiger partial charge in [-0.25, -0.2) is 14.2 Å². The molecule has 1 heterocycles. The Balaban J connectivity index is 2.62. The number of halogens is 3. The van der Waals surface area contributed by atoms with Crippen LogP contribution in [0, 0.1) is 5.82 Å². The topological polar surface area (TPSA) is 39.2 Å². The van der Waals surface area contributed by atoms with Crippen LogP contribution in [-0.2, 0) is 4.74 Å². The van der Waals surface area contributed by atoms with Crippen LogP contribution in [0.2, 0.25) is 10.0 Å². The van der Waals surface area contributed by atoms with E-state index in [0.717, 1.165) is 6.20 Å². The Bertz CT molecular complexity index is 647. The fourth-order valence-electron chi connectivity index (χ4n) is 1.58. The Labute approximate surface area is 118 Å². The second-order valence-corrected chi connectivity index (χ2v) is 4.48. The summed E-state index contributed by atoms with van der Waals surface area (Å²) in [4.78, 5) is 15.4. The molecule has 0 fully saturated rings. The highest BCUT2D eigenvalue weighted by molar-refractivity contribution is 6.42. The minimum Gasteiger partial charge on any atom is -0.464 e. The first kappa shape index (κ1) is 13.8. The van der Waals surface area contributed by atoms with Gasteiger partial charge in [-0.3, -0.25) is 0 Å². The highest BCUT2D eigenvalue weighted by Gasteiger charge is 2.16. The van der Waals surface area contributed by atoms with E-state index in [0.29, 0.717) is 21.2 Å². The van der Waals surface area contributed by atoms with Crippen molar-refractivity contribution in [2.45, 2.75) is 0 Å². The summed E-state index contributed by atoms with van der Waals surface area (Å²) in [7, 11) is 1.23. The van der Waals surface area contributed by atoms with Crippen LogP contribution in [0.1, 0.15) is 10.5 Å². The highest BCUT2D eigenvalue weighted by atomic mass is 35.5. The molecule has 0 saturated carbocycles. The van der Waals surface area contributed by atoms with E-state index in [2.05, 4.69) is 9.72 Å². The molecule has 19 heavy (non-hydrogen) atoms. The number of carbonyl (C=O) groups is 1. The third-order valence-corrected chi connectivity index (χ3v) is 3.20. The predicted octanol–water partition coefficient (Wildman–Crippen LogP) is 3.98. The summed E-state index contributed by atoms with van der Waals surface area (Å²) in [6.07, 6.45) is 0.952. The van der Waals surface area contributed by atoms with Crippen LogP contribution in [0.3, 0.4) is 0 Å². The van der Waals surface area contributed by atoms with Crippen molar-refractivity contribution in [1.82, 2.24) is 4.98 Å². The molecule has 0 atom stereocenters. The molecule has 0 unspecified atom stereocenters. The van der Waals surface area contributed by atoms with Gasteiger partial charge in [0.05, 0.1) is 23.4 Å². The SMILES string of the molecule is COC(=O)c1ncc(F)cc1-c1ccc(Cl)c(Cl)c1. The van der Waals surface area contributed by atoms with Gasteiger partial charge < -0.3 is 4.74 Å². The third-order valence-electron chi connectivity index (χ3n) is 2.46. The van der Waals surface area contributed by atoms with Crippen LogP contribution in [0.15, 0.2) is 30.5 Å². The summed E-state index contributed by atoms with van der Waals surface area (Å²) in [6, 6.07) is 5.91. The maximum absolute atomic E-state index is 13.3. The van der Waals surface area contributed by atoms with E-state index in [1.54, 1.807) is 12.1 Å². The second-order valence-electron chi connectivity index (χ2n) is 3.67. The lowest BCUT2D eigenvalue weighted by Crippen LogP contribution is -2.07. The summed E-state index contributed by atoms with van der Waals surface area (Å²) in [5.41, 5.74) is 0.842. The number of hydrogen-bond acceptors (Lipinski definition) is 3. The number of carbonyl (C=O) groups excluding carboxylic acids is 1. The molecule has 0 radical (unpaired) electrons. The Morgan fingerprint density at radius 3 is 2.63 bits per heavy atom. The van der Waals surface area contributed by atoms with Gasteiger partial charge in [0, 0.05) is 5.56 Å². The molecule has 2 rings (SSSR count). The normalized spacial score (nSPS) is 10.3. The molecule has 0 aliphatic heterocycles. The minimum atomic E-state index is -0.652. The van der Waals surface area contributed by atoms with Gasteiger partial charge in [0.15, 0.2) is 5.69 Å². The number of methoxy groups -OCH3 is 1. The number of esters is 1. The van der Waals surface area contributed by atoms with E-state index in [1.807, 2.05) is 0 Å². The summed E-state index contributed by atoms with van der Waals surface area (Å²) >= 11 is 11.7. The summed E-state index contributed by atoms with van der Waals surface area (Å²) < 4.78 is 17.9. The lowest BCUT2D eigenvalue weighted by molar-refractivity contribution is 0.0595. The zero-order chi connectivity index (χ0) is 14.0. The molecule has 0 saturated heterocycles. The van der Waals surface area contributed by atoms with Gasteiger partial charge in [-0.05, 0) is 23.8 Å². The molecule has 3 nitrogen and oxygen atoms in total. The fraction of sp³-hybridized carbons (Fsp3) is 0.0769.